The van der Waals surface area contributed by atoms with Crippen LogP contribution in [-0.2, 0) is 22.6 Å². The van der Waals surface area contributed by atoms with E-state index in [1.165, 1.54) is 4.90 Å². The molecule has 3 heterocycles. The first kappa shape index (κ1) is 23.2. The zero-order valence-electron chi connectivity index (χ0n) is 19.2. The SMILES string of the molecule is CN1C(=O)C(N2Cc3n[nH]c(N)c3C2)CC(NC(=O)OC(C)(C)C)[C@H]1C1CC(F)=CC=C1F. The minimum absolute atomic E-state index is 0.183. The number of hydrogen-bond acceptors (Lipinski definition) is 6. The van der Waals surface area contributed by atoms with Crippen LogP contribution in [0, 0.1) is 5.92 Å². The molecule has 33 heavy (non-hydrogen) atoms. The molecule has 2 aliphatic heterocycles. The number of nitrogens with two attached hydrogens (primary N) is 1. The number of nitrogens with zero attached hydrogens (tertiary/aromatic N) is 3. The molecule has 1 aliphatic carbocycles. The molecule has 0 aromatic carbocycles. The van der Waals surface area contributed by atoms with Gasteiger partial charge in [0.2, 0.25) is 5.91 Å². The van der Waals surface area contributed by atoms with Crippen LogP contribution < -0.4 is 11.1 Å². The van der Waals surface area contributed by atoms with Crippen molar-refractivity contribution in [1.82, 2.24) is 25.3 Å². The molecule has 1 saturated heterocycles. The second-order valence-electron chi connectivity index (χ2n) is 9.89. The molecule has 4 atom stereocenters. The molecule has 3 unspecified atom stereocenters. The lowest BCUT2D eigenvalue weighted by Crippen LogP contribution is -2.65. The number of alkyl carbamates (subject to hydrolysis) is 1. The highest BCUT2D eigenvalue weighted by molar-refractivity contribution is 5.84. The second-order valence-corrected chi connectivity index (χ2v) is 9.89. The molecule has 11 heteroatoms. The first-order chi connectivity index (χ1) is 15.4. The molecule has 1 fully saturated rings. The number of carbonyl (C=O) groups is 2. The normalized spacial score (nSPS) is 28.3. The van der Waals surface area contributed by atoms with Crippen molar-refractivity contribution in [3.8, 4) is 0 Å². The van der Waals surface area contributed by atoms with E-state index in [-0.39, 0.29) is 18.7 Å². The summed E-state index contributed by atoms with van der Waals surface area (Å²) >= 11 is 0. The summed E-state index contributed by atoms with van der Waals surface area (Å²) in [5.74, 6) is -1.67. The van der Waals surface area contributed by atoms with Gasteiger partial charge in [-0.1, -0.05) is 0 Å². The maximum atomic E-state index is 14.8. The Kier molecular flexibility index (Phi) is 5.94. The fraction of sp³-hybridized carbons (Fsp3) is 0.591. The molecule has 0 bridgehead atoms. The van der Waals surface area contributed by atoms with Crippen molar-refractivity contribution in [2.24, 2.45) is 5.92 Å². The summed E-state index contributed by atoms with van der Waals surface area (Å²) in [5, 5.41) is 9.76. The number of carbonyl (C=O) groups excluding carboxylic acids is 2. The number of fused-ring (bicyclic) bond motifs is 1. The number of rotatable bonds is 3. The summed E-state index contributed by atoms with van der Waals surface area (Å²) in [7, 11) is 1.57. The summed E-state index contributed by atoms with van der Waals surface area (Å²) in [6.45, 7) is 6.07. The number of halogens is 2. The molecule has 1 aromatic rings. The molecular weight excluding hydrogens is 434 g/mol. The van der Waals surface area contributed by atoms with Gasteiger partial charge in [-0.25, -0.2) is 13.6 Å². The largest absolute Gasteiger partial charge is 0.444 e. The van der Waals surface area contributed by atoms with Gasteiger partial charge >= 0.3 is 6.09 Å². The Balaban J connectivity index is 1.60. The number of nitrogens with one attached hydrogen (secondary N) is 2. The Labute approximate surface area is 191 Å². The quantitative estimate of drug-likeness (QED) is 0.633. The minimum atomic E-state index is -0.908. The summed E-state index contributed by atoms with van der Waals surface area (Å²) in [6, 6.07) is -2.02. The Morgan fingerprint density at radius 2 is 2.03 bits per heavy atom. The van der Waals surface area contributed by atoms with Crippen molar-refractivity contribution < 1.29 is 23.1 Å². The maximum absolute atomic E-state index is 14.8. The average molecular weight is 465 g/mol. The third-order valence-corrected chi connectivity index (χ3v) is 6.42. The van der Waals surface area contributed by atoms with E-state index in [1.807, 2.05) is 4.90 Å². The standard InChI is InChI=1S/C22H30F2N6O3/c1-22(2,3)33-21(32)26-15-8-17(30-9-13-16(10-30)27-28-19(13)25)20(31)29(4)18(15)12-7-11(23)5-6-14(12)24/h5-6,12,15,17-18H,7-10H2,1-4H3,(H,26,32)(H3,25,27,28)/t12?,15?,17?,18-/m1/s1. The number of H-pyrrole nitrogens is 1. The zero-order valence-corrected chi connectivity index (χ0v) is 19.2. The van der Waals surface area contributed by atoms with E-state index in [1.54, 1.807) is 27.8 Å². The number of piperidine rings is 1. The molecule has 0 saturated carbocycles. The molecule has 2 amide bonds. The van der Waals surface area contributed by atoms with Gasteiger partial charge in [0.25, 0.3) is 0 Å². The van der Waals surface area contributed by atoms with Crippen LogP contribution in [0.4, 0.5) is 19.4 Å². The lowest BCUT2D eigenvalue weighted by molar-refractivity contribution is -0.145. The highest BCUT2D eigenvalue weighted by Gasteiger charge is 2.49. The van der Waals surface area contributed by atoms with Crippen LogP contribution in [-0.4, -0.2) is 62.8 Å². The lowest BCUT2D eigenvalue weighted by atomic mass is 9.80. The van der Waals surface area contributed by atoms with Gasteiger partial charge in [0, 0.05) is 38.0 Å². The van der Waals surface area contributed by atoms with Crippen molar-refractivity contribution in [3.05, 3.63) is 35.1 Å². The molecule has 9 nitrogen and oxygen atoms in total. The van der Waals surface area contributed by atoms with Gasteiger partial charge in [0.05, 0.1) is 23.8 Å². The Bertz CT molecular complexity index is 1010. The number of ether oxygens (including phenoxy) is 1. The van der Waals surface area contributed by atoms with E-state index in [0.717, 1.165) is 23.4 Å². The van der Waals surface area contributed by atoms with Crippen molar-refractivity contribution in [1.29, 1.82) is 0 Å². The topological polar surface area (TPSA) is 117 Å². The van der Waals surface area contributed by atoms with Crippen molar-refractivity contribution >= 4 is 17.8 Å². The van der Waals surface area contributed by atoms with E-state index in [2.05, 4.69) is 15.5 Å². The molecule has 0 radical (unpaired) electrons. The van der Waals surface area contributed by atoms with Crippen LogP contribution in [0.5, 0.6) is 0 Å². The number of aromatic nitrogens is 2. The van der Waals surface area contributed by atoms with Gasteiger partial charge in [-0.05, 0) is 39.3 Å². The summed E-state index contributed by atoms with van der Waals surface area (Å²) in [4.78, 5) is 29.4. The number of anilines is 1. The highest BCUT2D eigenvalue weighted by Crippen LogP contribution is 2.38. The van der Waals surface area contributed by atoms with Gasteiger partial charge < -0.3 is 20.7 Å². The van der Waals surface area contributed by atoms with E-state index >= 15 is 0 Å². The summed E-state index contributed by atoms with van der Waals surface area (Å²) in [6.07, 6.45) is 1.54. The number of likely N-dealkylation sites (N-methyl/N-ethyl adjacent to an activating group) is 1. The monoisotopic (exact) mass is 464 g/mol. The average Bonchev–Trinajstić information content (AvgIpc) is 3.27. The predicted molar refractivity (Wildman–Crippen MR) is 117 cm³/mol. The van der Waals surface area contributed by atoms with Crippen LogP contribution >= 0.6 is 0 Å². The third-order valence-electron chi connectivity index (χ3n) is 6.42. The van der Waals surface area contributed by atoms with Crippen molar-refractivity contribution in [2.75, 3.05) is 12.8 Å². The van der Waals surface area contributed by atoms with Crippen LogP contribution in [0.1, 0.15) is 44.9 Å². The smallest absolute Gasteiger partial charge is 0.407 e. The number of amides is 2. The summed E-state index contributed by atoms with van der Waals surface area (Å²) in [5.41, 5.74) is 6.83. The van der Waals surface area contributed by atoms with Gasteiger partial charge in [-0.3, -0.25) is 14.8 Å². The summed E-state index contributed by atoms with van der Waals surface area (Å²) < 4.78 is 34.3. The number of nitrogen functional groups attached to an aromatic ring is 1. The molecule has 180 valence electrons. The van der Waals surface area contributed by atoms with E-state index in [0.29, 0.717) is 18.9 Å². The first-order valence-electron chi connectivity index (χ1n) is 11.0. The highest BCUT2D eigenvalue weighted by atomic mass is 19.1. The van der Waals surface area contributed by atoms with Gasteiger partial charge in [-0.2, -0.15) is 5.10 Å². The number of allylic oxidation sites excluding steroid dienone is 3. The number of likely N-dealkylation sites (tertiary alicyclic amines) is 1. The zero-order chi connectivity index (χ0) is 24.1. The molecule has 4 rings (SSSR count). The predicted octanol–water partition coefficient (Wildman–Crippen LogP) is 2.53. The van der Waals surface area contributed by atoms with Gasteiger partial charge in [0.1, 0.15) is 23.1 Å². The van der Waals surface area contributed by atoms with Crippen molar-refractivity contribution in [3.63, 3.8) is 0 Å². The minimum Gasteiger partial charge on any atom is -0.444 e. The maximum Gasteiger partial charge on any atom is 0.407 e. The third kappa shape index (κ3) is 4.59. The number of aromatic amines is 1. The fourth-order valence-corrected chi connectivity index (χ4v) is 4.94. The van der Waals surface area contributed by atoms with Crippen LogP contribution in [0.25, 0.3) is 0 Å². The lowest BCUT2D eigenvalue weighted by Gasteiger charge is -2.47. The Morgan fingerprint density at radius 3 is 2.70 bits per heavy atom. The molecule has 4 N–H and O–H groups in total. The van der Waals surface area contributed by atoms with E-state index in [9.17, 15) is 18.4 Å². The van der Waals surface area contributed by atoms with Crippen molar-refractivity contribution in [2.45, 2.75) is 70.4 Å². The van der Waals surface area contributed by atoms with Gasteiger partial charge in [-0.15, -0.1) is 0 Å². The van der Waals surface area contributed by atoms with Gasteiger partial charge in [0.15, 0.2) is 0 Å². The first-order valence-corrected chi connectivity index (χ1v) is 11.0. The number of hydrogen-bond donors (Lipinski definition) is 3. The molecule has 1 aromatic heterocycles. The fourth-order valence-electron chi connectivity index (χ4n) is 4.94. The van der Waals surface area contributed by atoms with Crippen LogP contribution in [0.15, 0.2) is 23.8 Å². The van der Waals surface area contributed by atoms with E-state index in [4.69, 9.17) is 10.5 Å². The van der Waals surface area contributed by atoms with E-state index < -0.39 is 47.4 Å². The Morgan fingerprint density at radius 1 is 1.30 bits per heavy atom. The van der Waals surface area contributed by atoms with Crippen LogP contribution in [0.3, 0.4) is 0 Å². The van der Waals surface area contributed by atoms with Crippen LogP contribution in [0.2, 0.25) is 0 Å². The molecule has 0 spiro atoms. The second kappa shape index (κ2) is 8.44. The molecular formula is C22H30F2N6O3. The Hall–Kier alpha value is -2.95. The molecule has 3 aliphatic rings.